The van der Waals surface area contributed by atoms with Crippen LogP contribution in [0, 0.1) is 17.6 Å². The molecule has 5 nitrogen and oxygen atoms in total. The molecule has 1 amide bonds. The van der Waals surface area contributed by atoms with Crippen molar-refractivity contribution >= 4 is 11.9 Å². The van der Waals surface area contributed by atoms with Crippen molar-refractivity contribution in [2.24, 2.45) is 5.92 Å². The summed E-state index contributed by atoms with van der Waals surface area (Å²) in [6.07, 6.45) is 1.58. The highest BCUT2D eigenvalue weighted by Gasteiger charge is 2.29. The van der Waals surface area contributed by atoms with Gasteiger partial charge < -0.3 is 15.3 Å². The monoisotopic (exact) mass is 285 g/mol. The Morgan fingerprint density at radius 1 is 1.55 bits per heavy atom. The number of hydrogen-bond acceptors (Lipinski definition) is 3. The second kappa shape index (κ2) is 6.02. The molecule has 1 aliphatic rings. The fourth-order valence-electron chi connectivity index (χ4n) is 2.41. The van der Waals surface area contributed by atoms with Crippen molar-refractivity contribution in [1.29, 1.82) is 0 Å². The van der Waals surface area contributed by atoms with Crippen LogP contribution in [0.15, 0.2) is 12.3 Å². The number of nitrogens with one attached hydrogen (secondary N) is 1. The van der Waals surface area contributed by atoms with Gasteiger partial charge in [-0.05, 0) is 18.8 Å². The van der Waals surface area contributed by atoms with Gasteiger partial charge in [0.25, 0.3) is 0 Å². The number of nitrogens with zero attached hydrogens (tertiary/aromatic N) is 2. The Morgan fingerprint density at radius 2 is 2.30 bits per heavy atom. The molecule has 0 aliphatic carbocycles. The maximum Gasteiger partial charge on any atom is 0.407 e. The highest BCUT2D eigenvalue weighted by atomic mass is 19.1. The van der Waals surface area contributed by atoms with Crippen LogP contribution in [0.1, 0.15) is 19.8 Å². The normalized spacial score (nSPS) is 22.6. The zero-order valence-corrected chi connectivity index (χ0v) is 11.1. The summed E-state index contributed by atoms with van der Waals surface area (Å²) in [5, 5.41) is 11.9. The number of rotatable bonds is 3. The molecule has 0 spiro atoms. The molecule has 0 unspecified atom stereocenters. The summed E-state index contributed by atoms with van der Waals surface area (Å²) in [4.78, 5) is 16.2. The first kappa shape index (κ1) is 14.5. The first-order valence-corrected chi connectivity index (χ1v) is 6.52. The summed E-state index contributed by atoms with van der Waals surface area (Å²) in [6, 6.07) is 0.516. The third-order valence-corrected chi connectivity index (χ3v) is 3.50. The minimum absolute atomic E-state index is 0.0599. The smallest absolute Gasteiger partial charge is 0.407 e. The van der Waals surface area contributed by atoms with Gasteiger partial charge in [0.05, 0.1) is 12.2 Å². The van der Waals surface area contributed by atoms with E-state index in [-0.39, 0.29) is 18.4 Å². The lowest BCUT2D eigenvalue weighted by Crippen LogP contribution is -2.48. The fourth-order valence-corrected chi connectivity index (χ4v) is 2.41. The molecule has 110 valence electrons. The van der Waals surface area contributed by atoms with Crippen molar-refractivity contribution in [3.8, 4) is 0 Å². The highest BCUT2D eigenvalue weighted by Crippen LogP contribution is 2.22. The van der Waals surface area contributed by atoms with Crippen LogP contribution in [0.3, 0.4) is 0 Å². The van der Waals surface area contributed by atoms with Crippen molar-refractivity contribution in [2.75, 3.05) is 18.4 Å². The first-order valence-electron chi connectivity index (χ1n) is 6.52. The molecule has 7 heteroatoms. The molecule has 0 bridgehead atoms. The van der Waals surface area contributed by atoms with E-state index in [4.69, 9.17) is 0 Å². The van der Waals surface area contributed by atoms with Crippen molar-refractivity contribution in [2.45, 2.75) is 25.8 Å². The van der Waals surface area contributed by atoms with Crippen LogP contribution in [0.5, 0.6) is 0 Å². The van der Waals surface area contributed by atoms with Crippen LogP contribution in [-0.2, 0) is 0 Å². The molecule has 0 saturated carbocycles. The number of pyridine rings is 1. The maximum atomic E-state index is 13.4. The standard InChI is InChI=1S/C13H17F2N3O2/c1-8-2-3-10(18(7-8)13(19)20)6-17-12-11(15)4-9(14)5-16-12/h4-5,8,10H,2-3,6-7H2,1H3,(H,16,17)(H,19,20)/t8-,10-/m0/s1. The SMILES string of the molecule is C[C@H]1CC[C@@H](CNc2ncc(F)cc2F)N(C(=O)O)C1. The van der Waals surface area contributed by atoms with Gasteiger partial charge in [0, 0.05) is 19.2 Å². The van der Waals surface area contributed by atoms with E-state index in [9.17, 15) is 18.7 Å². The van der Waals surface area contributed by atoms with Crippen molar-refractivity contribution < 1.29 is 18.7 Å². The molecular weight excluding hydrogens is 268 g/mol. The summed E-state index contributed by atoms with van der Waals surface area (Å²) in [7, 11) is 0. The molecule has 1 aliphatic heterocycles. The topological polar surface area (TPSA) is 65.5 Å². The van der Waals surface area contributed by atoms with Crippen LogP contribution < -0.4 is 5.32 Å². The lowest BCUT2D eigenvalue weighted by atomic mass is 9.94. The zero-order valence-electron chi connectivity index (χ0n) is 11.1. The summed E-state index contributed by atoms with van der Waals surface area (Å²) >= 11 is 0. The number of carboxylic acid groups (broad SMARTS) is 1. The van der Waals surface area contributed by atoms with Gasteiger partial charge in [-0.1, -0.05) is 6.92 Å². The molecule has 1 saturated heterocycles. The number of aromatic nitrogens is 1. The second-order valence-corrected chi connectivity index (χ2v) is 5.14. The van der Waals surface area contributed by atoms with Crippen LogP contribution >= 0.6 is 0 Å². The molecule has 2 atom stereocenters. The summed E-state index contributed by atoms with van der Waals surface area (Å²) < 4.78 is 26.2. The van der Waals surface area contributed by atoms with Crippen molar-refractivity contribution in [1.82, 2.24) is 9.88 Å². The Bertz CT molecular complexity index is 499. The van der Waals surface area contributed by atoms with Gasteiger partial charge in [-0.2, -0.15) is 0 Å². The fraction of sp³-hybridized carbons (Fsp3) is 0.538. The molecule has 20 heavy (non-hydrogen) atoms. The van der Waals surface area contributed by atoms with E-state index in [1.165, 1.54) is 4.90 Å². The van der Waals surface area contributed by atoms with Crippen molar-refractivity contribution in [3.05, 3.63) is 23.9 Å². The number of amides is 1. The van der Waals surface area contributed by atoms with Gasteiger partial charge in [0.1, 0.15) is 5.82 Å². The molecule has 2 N–H and O–H groups in total. The third-order valence-electron chi connectivity index (χ3n) is 3.50. The number of piperidine rings is 1. The van der Waals surface area contributed by atoms with E-state index in [2.05, 4.69) is 10.3 Å². The van der Waals surface area contributed by atoms with E-state index in [0.717, 1.165) is 18.7 Å². The van der Waals surface area contributed by atoms with E-state index in [1.54, 1.807) is 0 Å². The average Bonchev–Trinajstić information content (AvgIpc) is 2.38. The number of halogens is 2. The van der Waals surface area contributed by atoms with Crippen LogP contribution in [0.2, 0.25) is 0 Å². The Labute approximate surface area is 115 Å². The number of likely N-dealkylation sites (tertiary alicyclic amines) is 1. The van der Waals surface area contributed by atoms with Crippen LogP contribution in [0.4, 0.5) is 19.4 Å². The van der Waals surface area contributed by atoms with Gasteiger partial charge in [0.15, 0.2) is 11.6 Å². The molecule has 0 aromatic carbocycles. The number of carbonyl (C=O) groups is 1. The minimum Gasteiger partial charge on any atom is -0.465 e. The molecule has 0 radical (unpaired) electrons. The summed E-state index contributed by atoms with van der Waals surface area (Å²) in [5.74, 6) is -1.26. The molecule has 2 rings (SSSR count). The van der Waals surface area contributed by atoms with E-state index >= 15 is 0 Å². The molecule has 1 aromatic rings. The second-order valence-electron chi connectivity index (χ2n) is 5.14. The number of anilines is 1. The minimum atomic E-state index is -0.976. The predicted molar refractivity (Wildman–Crippen MR) is 69.6 cm³/mol. The Hall–Kier alpha value is -1.92. The Balaban J connectivity index is 1.99. The first-order chi connectivity index (χ1) is 9.47. The summed E-state index contributed by atoms with van der Waals surface area (Å²) in [6.45, 7) is 2.73. The van der Waals surface area contributed by atoms with Gasteiger partial charge >= 0.3 is 6.09 Å². The zero-order chi connectivity index (χ0) is 14.7. The molecule has 1 aromatic heterocycles. The lowest BCUT2D eigenvalue weighted by Gasteiger charge is -2.36. The molecule has 1 fully saturated rings. The predicted octanol–water partition coefficient (Wildman–Crippen LogP) is 2.55. The molecular formula is C13H17F2N3O2. The quantitative estimate of drug-likeness (QED) is 0.895. The van der Waals surface area contributed by atoms with Crippen LogP contribution in [0.25, 0.3) is 0 Å². The summed E-state index contributed by atoms with van der Waals surface area (Å²) in [5.41, 5.74) is 0. The van der Waals surface area contributed by atoms with Gasteiger partial charge in [-0.25, -0.2) is 18.6 Å². The average molecular weight is 285 g/mol. The molecule has 2 heterocycles. The van der Waals surface area contributed by atoms with Gasteiger partial charge in [-0.15, -0.1) is 0 Å². The van der Waals surface area contributed by atoms with Gasteiger partial charge in [0.2, 0.25) is 0 Å². The van der Waals surface area contributed by atoms with E-state index in [0.29, 0.717) is 18.9 Å². The van der Waals surface area contributed by atoms with Crippen molar-refractivity contribution in [3.63, 3.8) is 0 Å². The number of hydrogen-bond donors (Lipinski definition) is 2. The Morgan fingerprint density at radius 3 is 2.95 bits per heavy atom. The largest absolute Gasteiger partial charge is 0.465 e. The maximum absolute atomic E-state index is 13.4. The lowest BCUT2D eigenvalue weighted by molar-refractivity contribution is 0.0941. The van der Waals surface area contributed by atoms with Crippen LogP contribution in [-0.4, -0.2) is 40.2 Å². The van der Waals surface area contributed by atoms with Gasteiger partial charge in [-0.3, -0.25) is 0 Å². The Kier molecular flexibility index (Phi) is 4.36. The van der Waals surface area contributed by atoms with E-state index < -0.39 is 17.7 Å². The third kappa shape index (κ3) is 3.34. The highest BCUT2D eigenvalue weighted by molar-refractivity contribution is 5.65. The van der Waals surface area contributed by atoms with E-state index in [1.807, 2.05) is 6.92 Å².